The molecule has 0 aliphatic carbocycles. The number of nitrogens with one attached hydrogen (secondary N) is 1. The van der Waals surface area contributed by atoms with Gasteiger partial charge in [0.25, 0.3) is 0 Å². The molecule has 1 amide bonds. The van der Waals surface area contributed by atoms with E-state index < -0.39 is 5.54 Å². The van der Waals surface area contributed by atoms with Gasteiger partial charge in [0.1, 0.15) is 0 Å². The Hall–Kier alpha value is -0.220. The normalized spacial score (nSPS) is 19.4. The van der Waals surface area contributed by atoms with E-state index in [1.54, 1.807) is 13.8 Å². The van der Waals surface area contributed by atoms with E-state index >= 15 is 0 Å². The second-order valence-corrected chi connectivity index (χ2v) is 5.71. The molecule has 0 atom stereocenters. The van der Waals surface area contributed by atoms with Crippen molar-refractivity contribution in [3.63, 3.8) is 0 Å². The van der Waals surface area contributed by atoms with Crippen LogP contribution in [0.2, 0.25) is 0 Å². The van der Waals surface area contributed by atoms with E-state index in [1.165, 1.54) is 24.3 Å². The molecule has 82 valence electrons. The topological polar surface area (TPSA) is 55.1 Å². The van der Waals surface area contributed by atoms with Gasteiger partial charge in [-0.15, -0.1) is 0 Å². The van der Waals surface area contributed by atoms with Gasteiger partial charge in [0.2, 0.25) is 5.91 Å². The summed E-state index contributed by atoms with van der Waals surface area (Å²) in [5.41, 5.74) is 4.93. The number of carbonyl (C=O) groups is 1. The molecule has 1 saturated heterocycles. The lowest BCUT2D eigenvalue weighted by Crippen LogP contribution is -2.50. The van der Waals surface area contributed by atoms with Crippen LogP contribution in [0.5, 0.6) is 0 Å². The van der Waals surface area contributed by atoms with Crippen LogP contribution in [-0.2, 0) is 4.79 Å². The number of carbonyl (C=O) groups excluding carboxylic acids is 1. The van der Waals surface area contributed by atoms with Crippen LogP contribution in [0.25, 0.3) is 0 Å². The molecule has 1 rings (SSSR count). The zero-order valence-corrected chi connectivity index (χ0v) is 9.82. The summed E-state index contributed by atoms with van der Waals surface area (Å²) < 4.78 is 0. The summed E-state index contributed by atoms with van der Waals surface area (Å²) >= 11 is 2.00. The molecule has 4 heteroatoms. The summed E-state index contributed by atoms with van der Waals surface area (Å²) in [4.78, 5) is 11.5. The minimum Gasteiger partial charge on any atom is -0.354 e. The van der Waals surface area contributed by atoms with Crippen molar-refractivity contribution in [1.82, 2.24) is 5.32 Å². The molecule has 0 spiro atoms. The maximum atomic E-state index is 11.5. The fraction of sp³-hybridized carbons (Fsp3) is 0.900. The Labute approximate surface area is 90.2 Å². The Morgan fingerprint density at radius 2 is 2.07 bits per heavy atom. The van der Waals surface area contributed by atoms with Gasteiger partial charge in [-0.05, 0) is 44.1 Å². The van der Waals surface area contributed by atoms with Crippen LogP contribution in [0.1, 0.15) is 26.7 Å². The monoisotopic (exact) mass is 216 g/mol. The molecule has 1 aliphatic rings. The molecular weight excluding hydrogens is 196 g/mol. The van der Waals surface area contributed by atoms with Crippen molar-refractivity contribution in [2.24, 2.45) is 11.7 Å². The van der Waals surface area contributed by atoms with Crippen molar-refractivity contribution in [3.8, 4) is 0 Å². The van der Waals surface area contributed by atoms with Crippen LogP contribution in [0.3, 0.4) is 0 Å². The van der Waals surface area contributed by atoms with Crippen LogP contribution >= 0.6 is 11.8 Å². The maximum absolute atomic E-state index is 11.5. The van der Waals surface area contributed by atoms with Gasteiger partial charge in [-0.1, -0.05) is 0 Å². The summed E-state index contributed by atoms with van der Waals surface area (Å²) in [6.45, 7) is 4.26. The van der Waals surface area contributed by atoms with Gasteiger partial charge >= 0.3 is 0 Å². The molecule has 0 aromatic rings. The third kappa shape index (κ3) is 3.88. The van der Waals surface area contributed by atoms with Crippen LogP contribution in [0.4, 0.5) is 0 Å². The number of amides is 1. The molecule has 1 aliphatic heterocycles. The number of rotatable bonds is 3. The first kappa shape index (κ1) is 11.9. The van der Waals surface area contributed by atoms with E-state index in [1.807, 2.05) is 11.8 Å². The second-order valence-electron chi connectivity index (χ2n) is 4.49. The summed E-state index contributed by atoms with van der Waals surface area (Å²) in [5.74, 6) is 3.07. The molecular formula is C10H20N2OS. The first-order valence-electron chi connectivity index (χ1n) is 5.15. The number of nitrogens with two attached hydrogens (primary N) is 1. The molecule has 14 heavy (non-hydrogen) atoms. The van der Waals surface area contributed by atoms with E-state index in [0.29, 0.717) is 5.92 Å². The molecule has 1 fully saturated rings. The molecule has 3 N–H and O–H groups in total. The van der Waals surface area contributed by atoms with Crippen molar-refractivity contribution >= 4 is 17.7 Å². The summed E-state index contributed by atoms with van der Waals surface area (Å²) in [6.07, 6.45) is 2.44. The zero-order valence-electron chi connectivity index (χ0n) is 9.01. The van der Waals surface area contributed by atoms with Crippen LogP contribution in [-0.4, -0.2) is 29.5 Å². The van der Waals surface area contributed by atoms with Gasteiger partial charge < -0.3 is 11.1 Å². The highest BCUT2D eigenvalue weighted by Gasteiger charge is 2.22. The van der Waals surface area contributed by atoms with E-state index in [2.05, 4.69) is 5.32 Å². The number of hydrogen-bond acceptors (Lipinski definition) is 3. The molecule has 3 nitrogen and oxygen atoms in total. The molecule has 0 radical (unpaired) electrons. The van der Waals surface area contributed by atoms with Crippen molar-refractivity contribution in [1.29, 1.82) is 0 Å². The van der Waals surface area contributed by atoms with E-state index in [9.17, 15) is 4.79 Å². The Morgan fingerprint density at radius 3 is 2.57 bits per heavy atom. The number of hydrogen-bond donors (Lipinski definition) is 2. The Bertz CT molecular complexity index is 195. The predicted octanol–water partition coefficient (Wildman–Crippen LogP) is 0.983. The highest BCUT2D eigenvalue weighted by atomic mass is 32.2. The fourth-order valence-corrected chi connectivity index (χ4v) is 2.62. The fourth-order valence-electron chi connectivity index (χ4n) is 1.42. The van der Waals surface area contributed by atoms with Crippen molar-refractivity contribution in [3.05, 3.63) is 0 Å². The van der Waals surface area contributed by atoms with Crippen LogP contribution < -0.4 is 11.1 Å². The minimum absolute atomic E-state index is 0.0456. The van der Waals surface area contributed by atoms with Crippen LogP contribution in [0.15, 0.2) is 0 Å². The smallest absolute Gasteiger partial charge is 0.239 e. The SMILES string of the molecule is CC(C)(N)C(=O)NCC1CCSCC1. The Balaban J connectivity index is 2.22. The standard InChI is InChI=1S/C10H20N2OS/c1-10(2,11)9(13)12-7-8-3-5-14-6-4-8/h8H,3-7,11H2,1-2H3,(H,12,13). The maximum Gasteiger partial charge on any atom is 0.239 e. The van der Waals surface area contributed by atoms with E-state index in [-0.39, 0.29) is 5.91 Å². The summed E-state index contributed by atoms with van der Waals surface area (Å²) in [7, 11) is 0. The van der Waals surface area contributed by atoms with Gasteiger partial charge in [-0.3, -0.25) is 4.79 Å². The average Bonchev–Trinajstić information content (AvgIpc) is 2.14. The first-order valence-corrected chi connectivity index (χ1v) is 6.30. The summed E-state index contributed by atoms with van der Waals surface area (Å²) in [5, 5.41) is 2.92. The van der Waals surface area contributed by atoms with E-state index in [4.69, 9.17) is 5.73 Å². The van der Waals surface area contributed by atoms with Gasteiger partial charge in [0, 0.05) is 6.54 Å². The molecule has 0 saturated carbocycles. The minimum atomic E-state index is -0.747. The largest absolute Gasteiger partial charge is 0.354 e. The lowest BCUT2D eigenvalue weighted by Gasteiger charge is -2.24. The third-order valence-electron chi connectivity index (χ3n) is 2.48. The van der Waals surface area contributed by atoms with Crippen molar-refractivity contribution in [2.45, 2.75) is 32.2 Å². The Kier molecular flexibility index (Phi) is 4.26. The lowest BCUT2D eigenvalue weighted by molar-refractivity contribution is -0.125. The third-order valence-corrected chi connectivity index (χ3v) is 3.53. The quantitative estimate of drug-likeness (QED) is 0.739. The highest BCUT2D eigenvalue weighted by molar-refractivity contribution is 7.99. The van der Waals surface area contributed by atoms with Crippen molar-refractivity contribution < 1.29 is 4.79 Å². The Morgan fingerprint density at radius 1 is 1.50 bits per heavy atom. The van der Waals surface area contributed by atoms with Gasteiger partial charge in [0.15, 0.2) is 0 Å². The average molecular weight is 216 g/mol. The van der Waals surface area contributed by atoms with Gasteiger partial charge in [-0.2, -0.15) is 11.8 Å². The van der Waals surface area contributed by atoms with Gasteiger partial charge in [0.05, 0.1) is 5.54 Å². The number of thioether (sulfide) groups is 1. The highest BCUT2D eigenvalue weighted by Crippen LogP contribution is 2.21. The zero-order chi connectivity index (χ0) is 10.6. The first-order chi connectivity index (χ1) is 6.50. The molecule has 0 aromatic carbocycles. The molecule has 1 heterocycles. The second kappa shape index (κ2) is 5.03. The predicted molar refractivity (Wildman–Crippen MR) is 61.3 cm³/mol. The summed E-state index contributed by atoms with van der Waals surface area (Å²) in [6, 6.07) is 0. The molecule has 0 bridgehead atoms. The van der Waals surface area contributed by atoms with E-state index in [0.717, 1.165) is 6.54 Å². The molecule has 0 unspecified atom stereocenters. The molecule has 0 aromatic heterocycles. The van der Waals surface area contributed by atoms with Crippen molar-refractivity contribution in [2.75, 3.05) is 18.1 Å². The lowest BCUT2D eigenvalue weighted by atomic mass is 10.0. The van der Waals surface area contributed by atoms with Gasteiger partial charge in [-0.25, -0.2) is 0 Å². The van der Waals surface area contributed by atoms with Crippen LogP contribution in [0, 0.1) is 5.92 Å².